The molecule has 0 radical (unpaired) electrons. The Hall–Kier alpha value is -4.18. The van der Waals surface area contributed by atoms with Crippen molar-refractivity contribution >= 4 is 11.9 Å². The van der Waals surface area contributed by atoms with Crippen LogP contribution in [0.25, 0.3) is 0 Å². The van der Waals surface area contributed by atoms with Crippen molar-refractivity contribution in [1.82, 2.24) is 0 Å². The Morgan fingerprint density at radius 2 is 0.818 bits per heavy atom. The minimum Gasteiger partial charge on any atom is -0.426 e. The van der Waals surface area contributed by atoms with Crippen LogP contribution in [0.5, 0.6) is 11.5 Å². The minimum atomic E-state index is -0.286. The van der Waals surface area contributed by atoms with Crippen LogP contribution in [0.15, 0.2) is 109 Å². The lowest BCUT2D eigenvalue weighted by molar-refractivity contribution is -0.134. The van der Waals surface area contributed by atoms with Crippen molar-refractivity contribution in [2.24, 2.45) is 0 Å². The van der Waals surface area contributed by atoms with Crippen LogP contribution in [0.3, 0.4) is 0 Å². The van der Waals surface area contributed by atoms with E-state index in [9.17, 15) is 9.59 Å². The quantitative estimate of drug-likeness (QED) is 0.268. The lowest BCUT2D eigenvalue weighted by Gasteiger charge is -2.08. The maximum atomic E-state index is 12.1. The van der Waals surface area contributed by atoms with Gasteiger partial charge in [-0.25, -0.2) is 0 Å². The molecule has 0 atom stereocenters. The first-order valence-electron chi connectivity index (χ1n) is 10.8. The van der Waals surface area contributed by atoms with Gasteiger partial charge in [0.15, 0.2) is 0 Å². The molecule has 4 aromatic carbocycles. The Morgan fingerprint density at radius 1 is 0.455 bits per heavy atom. The Kier molecular flexibility index (Phi) is 7.29. The van der Waals surface area contributed by atoms with Crippen LogP contribution in [0.4, 0.5) is 0 Å². The van der Waals surface area contributed by atoms with E-state index in [1.165, 1.54) is 0 Å². The topological polar surface area (TPSA) is 52.6 Å². The number of hydrogen-bond donors (Lipinski definition) is 0. The molecule has 0 spiro atoms. The highest BCUT2D eigenvalue weighted by atomic mass is 16.5. The van der Waals surface area contributed by atoms with E-state index in [1.54, 1.807) is 24.3 Å². The van der Waals surface area contributed by atoms with Crippen molar-refractivity contribution in [3.8, 4) is 11.5 Å². The van der Waals surface area contributed by atoms with Gasteiger partial charge in [-0.05, 0) is 52.9 Å². The van der Waals surface area contributed by atoms with Gasteiger partial charge in [-0.1, -0.05) is 84.9 Å². The average molecular weight is 437 g/mol. The molecule has 4 nitrogen and oxygen atoms in total. The number of hydrogen-bond acceptors (Lipinski definition) is 4. The second-order valence-electron chi connectivity index (χ2n) is 7.74. The van der Waals surface area contributed by atoms with E-state index in [0.717, 1.165) is 28.7 Å². The van der Waals surface area contributed by atoms with Gasteiger partial charge in [-0.15, -0.1) is 0 Å². The molecule has 0 bridgehead atoms. The lowest BCUT2D eigenvalue weighted by Crippen LogP contribution is -2.11. The summed E-state index contributed by atoms with van der Waals surface area (Å²) in [5.41, 5.74) is 4.03. The van der Waals surface area contributed by atoms with Gasteiger partial charge in [-0.3, -0.25) is 9.59 Å². The van der Waals surface area contributed by atoms with Crippen LogP contribution in [0.2, 0.25) is 0 Å². The van der Waals surface area contributed by atoms with Gasteiger partial charge in [0, 0.05) is 0 Å². The highest BCUT2D eigenvalue weighted by molar-refractivity contribution is 5.75. The van der Waals surface area contributed by atoms with Gasteiger partial charge in [0.2, 0.25) is 0 Å². The second kappa shape index (κ2) is 10.9. The molecule has 0 N–H and O–H groups in total. The second-order valence-corrected chi connectivity index (χ2v) is 7.74. The average Bonchev–Trinajstić information content (AvgIpc) is 2.83. The molecule has 0 heterocycles. The molecule has 0 saturated heterocycles. The number of rotatable bonds is 8. The molecule has 4 aromatic rings. The number of carbonyl (C=O) groups is 2. The van der Waals surface area contributed by atoms with E-state index in [1.807, 2.05) is 84.9 Å². The number of ether oxygens (including phenoxy) is 2. The lowest BCUT2D eigenvalue weighted by atomic mass is 10.0. The van der Waals surface area contributed by atoms with E-state index in [2.05, 4.69) is 0 Å². The maximum Gasteiger partial charge on any atom is 0.315 e. The molecular formula is C29H24O4. The predicted molar refractivity (Wildman–Crippen MR) is 127 cm³/mol. The standard InChI is InChI=1S/C29H24O4/c30-28(20-22-7-3-1-4-8-22)32-26-15-11-24(12-16-26)19-25-13-17-27(18-14-25)33-29(31)21-23-9-5-2-6-10-23/h1-18H,19-21H2. The SMILES string of the molecule is O=C(Cc1ccccc1)Oc1ccc(Cc2ccc(OC(=O)Cc3ccccc3)cc2)cc1. The third kappa shape index (κ3) is 6.91. The summed E-state index contributed by atoms with van der Waals surface area (Å²) in [5.74, 6) is 0.485. The molecule has 0 aliphatic carbocycles. The Labute approximate surface area is 193 Å². The molecule has 0 aromatic heterocycles. The largest absolute Gasteiger partial charge is 0.426 e. The summed E-state index contributed by atoms with van der Waals surface area (Å²) in [5, 5.41) is 0. The molecule has 0 saturated carbocycles. The predicted octanol–water partition coefficient (Wildman–Crippen LogP) is 5.57. The molecule has 0 unspecified atom stereocenters. The summed E-state index contributed by atoms with van der Waals surface area (Å²) < 4.78 is 10.9. The first-order chi connectivity index (χ1) is 16.1. The first-order valence-corrected chi connectivity index (χ1v) is 10.8. The summed E-state index contributed by atoms with van der Waals surface area (Å²) in [4.78, 5) is 24.2. The molecule has 4 heteroatoms. The maximum absolute atomic E-state index is 12.1. The Bertz CT molecular complexity index is 1090. The molecular weight excluding hydrogens is 412 g/mol. The number of benzene rings is 4. The fourth-order valence-corrected chi connectivity index (χ4v) is 3.45. The zero-order valence-electron chi connectivity index (χ0n) is 18.1. The zero-order chi connectivity index (χ0) is 22.9. The Balaban J connectivity index is 1.27. The van der Waals surface area contributed by atoms with Crippen molar-refractivity contribution in [3.63, 3.8) is 0 Å². The van der Waals surface area contributed by atoms with Crippen molar-refractivity contribution in [2.45, 2.75) is 19.3 Å². The molecule has 164 valence electrons. The molecule has 4 rings (SSSR count). The summed E-state index contributed by atoms with van der Waals surface area (Å²) in [7, 11) is 0. The van der Waals surface area contributed by atoms with Crippen LogP contribution in [0.1, 0.15) is 22.3 Å². The van der Waals surface area contributed by atoms with Crippen LogP contribution in [-0.4, -0.2) is 11.9 Å². The summed E-state index contributed by atoms with van der Waals surface area (Å²) in [6.45, 7) is 0. The number of esters is 2. The van der Waals surface area contributed by atoms with Crippen LogP contribution in [0, 0.1) is 0 Å². The van der Waals surface area contributed by atoms with Crippen molar-refractivity contribution in [1.29, 1.82) is 0 Å². The highest BCUT2D eigenvalue weighted by Crippen LogP contribution is 2.19. The zero-order valence-corrected chi connectivity index (χ0v) is 18.1. The minimum absolute atomic E-state index is 0.241. The normalized spacial score (nSPS) is 10.4. The molecule has 0 aliphatic rings. The highest BCUT2D eigenvalue weighted by Gasteiger charge is 2.08. The first kappa shape index (κ1) is 22.0. The van der Waals surface area contributed by atoms with Gasteiger partial charge in [0.25, 0.3) is 0 Å². The molecule has 33 heavy (non-hydrogen) atoms. The van der Waals surface area contributed by atoms with Gasteiger partial charge in [0.1, 0.15) is 11.5 Å². The van der Waals surface area contributed by atoms with Crippen LogP contribution >= 0.6 is 0 Å². The van der Waals surface area contributed by atoms with Crippen LogP contribution < -0.4 is 9.47 Å². The van der Waals surface area contributed by atoms with E-state index >= 15 is 0 Å². The Morgan fingerprint density at radius 3 is 1.18 bits per heavy atom. The monoisotopic (exact) mass is 436 g/mol. The van der Waals surface area contributed by atoms with Gasteiger partial charge in [0.05, 0.1) is 12.8 Å². The van der Waals surface area contributed by atoms with E-state index in [0.29, 0.717) is 11.5 Å². The summed E-state index contributed by atoms with van der Waals surface area (Å²) in [6.07, 6.45) is 1.20. The third-order valence-electron chi connectivity index (χ3n) is 5.10. The summed E-state index contributed by atoms with van der Waals surface area (Å²) >= 11 is 0. The van der Waals surface area contributed by atoms with E-state index in [4.69, 9.17) is 9.47 Å². The van der Waals surface area contributed by atoms with Crippen LogP contribution in [-0.2, 0) is 28.9 Å². The fourth-order valence-electron chi connectivity index (χ4n) is 3.45. The molecule has 0 amide bonds. The van der Waals surface area contributed by atoms with Gasteiger partial charge in [-0.2, -0.15) is 0 Å². The molecule has 0 aliphatic heterocycles. The van der Waals surface area contributed by atoms with Crippen molar-refractivity contribution < 1.29 is 19.1 Å². The van der Waals surface area contributed by atoms with Crippen molar-refractivity contribution in [3.05, 3.63) is 131 Å². The molecule has 0 fully saturated rings. The van der Waals surface area contributed by atoms with Gasteiger partial charge < -0.3 is 9.47 Å². The fraction of sp³-hybridized carbons (Fsp3) is 0.103. The van der Waals surface area contributed by atoms with Crippen molar-refractivity contribution in [2.75, 3.05) is 0 Å². The number of carbonyl (C=O) groups excluding carboxylic acids is 2. The smallest absolute Gasteiger partial charge is 0.315 e. The van der Waals surface area contributed by atoms with Gasteiger partial charge >= 0.3 is 11.9 Å². The van der Waals surface area contributed by atoms with E-state index in [-0.39, 0.29) is 24.8 Å². The van der Waals surface area contributed by atoms with E-state index < -0.39 is 0 Å². The third-order valence-corrected chi connectivity index (χ3v) is 5.10. The summed E-state index contributed by atoms with van der Waals surface area (Å²) in [6, 6.07) is 34.0.